The topological polar surface area (TPSA) is 86.6 Å². The second kappa shape index (κ2) is 6.17. The molecule has 2 rings (SSSR count). The first-order valence-electron chi connectivity index (χ1n) is 6.58. The van der Waals surface area contributed by atoms with Gasteiger partial charge in [-0.3, -0.25) is 4.79 Å². The highest BCUT2D eigenvalue weighted by atomic mass is 19.2. The summed E-state index contributed by atoms with van der Waals surface area (Å²) in [5.41, 5.74) is -1.03. The molecule has 1 amide bonds. The van der Waals surface area contributed by atoms with E-state index in [2.05, 4.69) is 5.32 Å². The molecule has 0 saturated heterocycles. The lowest BCUT2D eigenvalue weighted by Gasteiger charge is -2.15. The number of hydrogen-bond donors (Lipinski definition) is 3. The summed E-state index contributed by atoms with van der Waals surface area (Å²) in [5.74, 6) is -5.03. The Balaban J connectivity index is 2.14. The zero-order valence-electron chi connectivity index (χ0n) is 11.1. The lowest BCUT2D eigenvalue weighted by Crippen LogP contribution is -2.33. The van der Waals surface area contributed by atoms with Crippen molar-refractivity contribution in [2.45, 2.75) is 25.4 Å². The van der Waals surface area contributed by atoms with E-state index in [4.69, 9.17) is 5.11 Å². The van der Waals surface area contributed by atoms with Crippen LogP contribution in [0.4, 0.5) is 8.78 Å². The van der Waals surface area contributed by atoms with Gasteiger partial charge in [0.1, 0.15) is 0 Å². The summed E-state index contributed by atoms with van der Waals surface area (Å²) in [7, 11) is 0. The molecule has 7 heteroatoms. The van der Waals surface area contributed by atoms with E-state index in [1.165, 1.54) is 0 Å². The quantitative estimate of drug-likeness (QED) is 0.787. The number of halogens is 2. The van der Waals surface area contributed by atoms with E-state index >= 15 is 0 Å². The third-order valence-corrected chi connectivity index (χ3v) is 3.68. The van der Waals surface area contributed by atoms with Crippen molar-refractivity contribution < 1.29 is 28.6 Å². The number of aromatic carboxylic acids is 1. The lowest BCUT2D eigenvalue weighted by molar-refractivity contribution is 0.0689. The molecule has 1 aromatic carbocycles. The summed E-state index contributed by atoms with van der Waals surface area (Å²) in [6.45, 7) is 0.165. The van der Waals surface area contributed by atoms with Gasteiger partial charge in [-0.05, 0) is 25.0 Å². The monoisotopic (exact) mass is 299 g/mol. The normalized spacial score (nSPS) is 21.3. The minimum absolute atomic E-state index is 0.104. The first-order valence-corrected chi connectivity index (χ1v) is 6.58. The Morgan fingerprint density at radius 2 is 1.81 bits per heavy atom. The van der Waals surface area contributed by atoms with Crippen LogP contribution >= 0.6 is 0 Å². The molecule has 5 nitrogen and oxygen atoms in total. The molecule has 1 aliphatic carbocycles. The summed E-state index contributed by atoms with van der Waals surface area (Å²) in [6, 6.07) is 1.05. The molecule has 3 N–H and O–H groups in total. The van der Waals surface area contributed by atoms with Crippen LogP contribution in [0.5, 0.6) is 0 Å². The van der Waals surface area contributed by atoms with Crippen molar-refractivity contribution in [2.75, 3.05) is 6.54 Å². The van der Waals surface area contributed by atoms with Crippen LogP contribution in [0.25, 0.3) is 0 Å². The first-order chi connectivity index (χ1) is 9.90. The number of carboxylic acid groups (broad SMARTS) is 1. The Kier molecular flexibility index (Phi) is 4.52. The van der Waals surface area contributed by atoms with Gasteiger partial charge >= 0.3 is 5.97 Å². The average molecular weight is 299 g/mol. The van der Waals surface area contributed by atoms with E-state index in [0.717, 1.165) is 12.8 Å². The number of aliphatic hydroxyl groups is 1. The SMILES string of the molecule is O=C(O)c1cc(F)c(F)cc1C(=O)NCC1CCCC1O. The Morgan fingerprint density at radius 3 is 2.33 bits per heavy atom. The largest absolute Gasteiger partial charge is 0.478 e. The highest BCUT2D eigenvalue weighted by Crippen LogP contribution is 2.25. The van der Waals surface area contributed by atoms with Crippen molar-refractivity contribution >= 4 is 11.9 Å². The van der Waals surface area contributed by atoms with Crippen molar-refractivity contribution in [3.63, 3.8) is 0 Å². The predicted octanol–water partition coefficient (Wildman–Crippen LogP) is 1.55. The van der Waals surface area contributed by atoms with Crippen LogP contribution < -0.4 is 5.32 Å². The molecule has 0 aliphatic heterocycles. The Labute approximate surface area is 119 Å². The standard InChI is InChI=1S/C14H15F2NO4/c15-10-4-8(9(14(20)21)5-11(10)16)13(19)17-6-7-2-1-3-12(7)18/h4-5,7,12,18H,1-3,6H2,(H,17,19)(H,20,21). The van der Waals surface area contributed by atoms with Gasteiger partial charge in [-0.25, -0.2) is 13.6 Å². The van der Waals surface area contributed by atoms with Crippen LogP contribution in [0.2, 0.25) is 0 Å². The Hall–Kier alpha value is -2.02. The van der Waals surface area contributed by atoms with Crippen molar-refractivity contribution in [3.8, 4) is 0 Å². The minimum atomic E-state index is -1.51. The van der Waals surface area contributed by atoms with Crippen LogP contribution in [-0.2, 0) is 0 Å². The number of benzene rings is 1. The van der Waals surface area contributed by atoms with Crippen molar-refractivity contribution in [1.82, 2.24) is 5.32 Å². The maximum absolute atomic E-state index is 13.2. The fourth-order valence-corrected chi connectivity index (χ4v) is 2.49. The van der Waals surface area contributed by atoms with Gasteiger partial charge in [0.05, 0.1) is 17.2 Å². The summed E-state index contributed by atoms with van der Waals surface area (Å²) >= 11 is 0. The smallest absolute Gasteiger partial charge is 0.336 e. The first kappa shape index (κ1) is 15.4. The third kappa shape index (κ3) is 3.36. The van der Waals surface area contributed by atoms with E-state index in [-0.39, 0.29) is 12.5 Å². The third-order valence-electron chi connectivity index (χ3n) is 3.68. The molecular weight excluding hydrogens is 284 g/mol. The van der Waals surface area contributed by atoms with Crippen molar-refractivity contribution in [2.24, 2.45) is 5.92 Å². The van der Waals surface area contributed by atoms with Crippen molar-refractivity contribution in [3.05, 3.63) is 34.9 Å². The molecule has 1 aliphatic rings. The minimum Gasteiger partial charge on any atom is -0.478 e. The van der Waals surface area contributed by atoms with Gasteiger partial charge in [-0.1, -0.05) is 6.42 Å². The molecule has 21 heavy (non-hydrogen) atoms. The molecule has 0 aromatic heterocycles. The van der Waals surface area contributed by atoms with Gasteiger partial charge < -0.3 is 15.5 Å². The zero-order valence-corrected chi connectivity index (χ0v) is 11.1. The number of rotatable bonds is 4. The number of aliphatic hydroxyl groups excluding tert-OH is 1. The molecule has 1 fully saturated rings. The fourth-order valence-electron chi connectivity index (χ4n) is 2.49. The molecule has 1 aromatic rings. The number of amides is 1. The van der Waals surface area contributed by atoms with E-state index in [9.17, 15) is 23.5 Å². The van der Waals surface area contributed by atoms with Crippen LogP contribution in [0.15, 0.2) is 12.1 Å². The average Bonchev–Trinajstić information content (AvgIpc) is 2.84. The second-order valence-electron chi connectivity index (χ2n) is 5.09. The summed E-state index contributed by atoms with van der Waals surface area (Å²) in [4.78, 5) is 22.9. The molecule has 2 unspecified atom stereocenters. The number of carbonyl (C=O) groups excluding carboxylic acids is 1. The van der Waals surface area contributed by atoms with Gasteiger partial charge in [0, 0.05) is 12.5 Å². The number of carbonyl (C=O) groups is 2. The number of carboxylic acids is 1. The summed E-state index contributed by atoms with van der Waals surface area (Å²) in [6.07, 6.45) is 1.76. The molecule has 2 atom stereocenters. The second-order valence-corrected chi connectivity index (χ2v) is 5.09. The molecule has 0 spiro atoms. The maximum atomic E-state index is 13.2. The zero-order chi connectivity index (χ0) is 15.6. The van der Waals surface area contributed by atoms with Gasteiger partial charge in [0.15, 0.2) is 11.6 Å². The van der Waals surface area contributed by atoms with Gasteiger partial charge in [-0.2, -0.15) is 0 Å². The summed E-state index contributed by atoms with van der Waals surface area (Å²) < 4.78 is 26.3. The fraction of sp³-hybridized carbons (Fsp3) is 0.429. The highest BCUT2D eigenvalue weighted by Gasteiger charge is 2.26. The van der Waals surface area contributed by atoms with Gasteiger partial charge in [0.25, 0.3) is 5.91 Å². The van der Waals surface area contributed by atoms with Crippen LogP contribution in [-0.4, -0.2) is 34.7 Å². The Morgan fingerprint density at radius 1 is 1.19 bits per heavy atom. The number of hydrogen-bond acceptors (Lipinski definition) is 3. The number of nitrogens with one attached hydrogen (secondary N) is 1. The molecule has 0 bridgehead atoms. The van der Waals surface area contributed by atoms with Crippen LogP contribution in [0.3, 0.4) is 0 Å². The van der Waals surface area contributed by atoms with Crippen molar-refractivity contribution in [1.29, 1.82) is 0 Å². The van der Waals surface area contributed by atoms with Gasteiger partial charge in [-0.15, -0.1) is 0 Å². The van der Waals surface area contributed by atoms with Crippen LogP contribution in [0.1, 0.15) is 40.0 Å². The van der Waals surface area contributed by atoms with E-state index in [1.807, 2.05) is 0 Å². The molecule has 0 radical (unpaired) electrons. The maximum Gasteiger partial charge on any atom is 0.336 e. The predicted molar refractivity (Wildman–Crippen MR) is 69.0 cm³/mol. The lowest BCUT2D eigenvalue weighted by atomic mass is 10.0. The van der Waals surface area contributed by atoms with Gasteiger partial charge in [0.2, 0.25) is 0 Å². The molecule has 1 saturated carbocycles. The molecule has 0 heterocycles. The summed E-state index contributed by atoms with van der Waals surface area (Å²) in [5, 5.41) is 21.0. The van der Waals surface area contributed by atoms with E-state index in [0.29, 0.717) is 18.6 Å². The highest BCUT2D eigenvalue weighted by molar-refractivity contribution is 6.04. The van der Waals surface area contributed by atoms with E-state index < -0.39 is 40.7 Å². The van der Waals surface area contributed by atoms with E-state index in [1.54, 1.807) is 0 Å². The molecular formula is C14H15F2NO4. The molecule has 114 valence electrons. The van der Waals surface area contributed by atoms with Crippen LogP contribution in [0, 0.1) is 17.6 Å². The Bertz CT molecular complexity index is 576.